The fourth-order valence-electron chi connectivity index (χ4n) is 2.67. The number of fused-ring (bicyclic) bond motifs is 1. The average molecular weight is 343 g/mol. The number of halogens is 1. The van der Waals surface area contributed by atoms with Gasteiger partial charge in [-0.15, -0.1) is 0 Å². The van der Waals surface area contributed by atoms with Crippen molar-refractivity contribution < 1.29 is 4.79 Å². The molecule has 0 atom stereocenters. The van der Waals surface area contributed by atoms with Gasteiger partial charge >= 0.3 is 6.03 Å². The summed E-state index contributed by atoms with van der Waals surface area (Å²) < 4.78 is 1.83. The van der Waals surface area contributed by atoms with Gasteiger partial charge in [-0.25, -0.2) is 4.79 Å². The van der Waals surface area contributed by atoms with Crippen LogP contribution in [-0.4, -0.2) is 15.8 Å². The molecule has 0 fully saturated rings. The Bertz CT molecular complexity index is 917. The van der Waals surface area contributed by atoms with E-state index in [1.807, 2.05) is 55.9 Å². The molecule has 1 aromatic heterocycles. The number of hydrogen-bond acceptors (Lipinski definition) is 2. The molecule has 6 heteroatoms. The largest absolute Gasteiger partial charge is 0.323 e. The van der Waals surface area contributed by atoms with Crippen LogP contribution in [0.5, 0.6) is 0 Å². The lowest BCUT2D eigenvalue weighted by molar-refractivity contribution is 0.262. The molecule has 2 N–H and O–H groups in total. The molecule has 0 aliphatic heterocycles. The van der Waals surface area contributed by atoms with E-state index in [9.17, 15) is 4.79 Å². The minimum atomic E-state index is -0.293. The molecule has 1 heterocycles. The molecule has 0 saturated carbocycles. The predicted octanol–water partition coefficient (Wildman–Crippen LogP) is 4.74. The highest BCUT2D eigenvalue weighted by Crippen LogP contribution is 2.23. The van der Waals surface area contributed by atoms with E-state index in [-0.39, 0.29) is 6.03 Å². The number of hydrogen-bond donors (Lipinski definition) is 2. The van der Waals surface area contributed by atoms with Gasteiger partial charge in [-0.1, -0.05) is 18.5 Å². The Morgan fingerprint density at radius 3 is 2.75 bits per heavy atom. The first kappa shape index (κ1) is 16.3. The monoisotopic (exact) mass is 342 g/mol. The molecule has 0 aliphatic carbocycles. The minimum Gasteiger partial charge on any atom is -0.308 e. The highest BCUT2D eigenvalue weighted by Gasteiger charge is 2.09. The topological polar surface area (TPSA) is 59.0 Å². The van der Waals surface area contributed by atoms with E-state index >= 15 is 0 Å². The zero-order valence-electron chi connectivity index (χ0n) is 13.9. The Morgan fingerprint density at radius 2 is 2.00 bits per heavy atom. The third-order valence-corrected chi connectivity index (χ3v) is 4.32. The Balaban J connectivity index is 1.77. The molecule has 24 heavy (non-hydrogen) atoms. The van der Waals surface area contributed by atoms with E-state index in [0.29, 0.717) is 10.7 Å². The second-order valence-corrected chi connectivity index (χ2v) is 6.11. The first-order chi connectivity index (χ1) is 11.5. The molecule has 0 saturated heterocycles. The van der Waals surface area contributed by atoms with Crippen molar-refractivity contribution >= 4 is 39.9 Å². The number of benzene rings is 2. The number of nitrogens with one attached hydrogen (secondary N) is 2. The van der Waals surface area contributed by atoms with Crippen molar-refractivity contribution in [1.29, 1.82) is 0 Å². The van der Waals surface area contributed by atoms with Gasteiger partial charge in [0.2, 0.25) is 0 Å². The maximum atomic E-state index is 12.3. The molecule has 3 rings (SSSR count). The second kappa shape index (κ2) is 6.53. The number of nitrogens with zero attached hydrogens (tertiary/aromatic N) is 2. The summed E-state index contributed by atoms with van der Waals surface area (Å²) in [5, 5.41) is 11.9. The summed E-state index contributed by atoms with van der Waals surface area (Å²) in [4.78, 5) is 12.3. The van der Waals surface area contributed by atoms with Crippen molar-refractivity contribution in [2.45, 2.75) is 20.3 Å². The predicted molar refractivity (Wildman–Crippen MR) is 98.9 cm³/mol. The van der Waals surface area contributed by atoms with E-state index < -0.39 is 0 Å². The number of aryl methyl sites for hydroxylation is 3. The summed E-state index contributed by atoms with van der Waals surface area (Å²) in [7, 11) is 1.90. The van der Waals surface area contributed by atoms with Gasteiger partial charge in [0.15, 0.2) is 0 Å². The van der Waals surface area contributed by atoms with Gasteiger partial charge in [0, 0.05) is 34.5 Å². The van der Waals surface area contributed by atoms with E-state index in [4.69, 9.17) is 11.6 Å². The van der Waals surface area contributed by atoms with Crippen LogP contribution in [-0.2, 0) is 13.5 Å². The number of amides is 2. The van der Waals surface area contributed by atoms with Crippen molar-refractivity contribution in [3.8, 4) is 0 Å². The molecular weight excluding hydrogens is 324 g/mol. The molecule has 0 aliphatic rings. The lowest BCUT2D eigenvalue weighted by Crippen LogP contribution is -2.20. The molecule has 5 nitrogen and oxygen atoms in total. The van der Waals surface area contributed by atoms with E-state index in [0.717, 1.165) is 34.3 Å². The number of carbonyl (C=O) groups excluding carboxylic acids is 1. The molecule has 0 bridgehead atoms. The summed E-state index contributed by atoms with van der Waals surface area (Å²) in [6, 6.07) is 10.8. The van der Waals surface area contributed by atoms with Crippen molar-refractivity contribution in [3.05, 3.63) is 52.7 Å². The van der Waals surface area contributed by atoms with Gasteiger partial charge in [-0.05, 0) is 55.3 Å². The van der Waals surface area contributed by atoms with Gasteiger partial charge < -0.3 is 10.6 Å². The lowest BCUT2D eigenvalue weighted by atomic mass is 10.1. The van der Waals surface area contributed by atoms with Gasteiger partial charge in [-0.3, -0.25) is 4.68 Å². The Labute approximate surface area is 145 Å². The average Bonchev–Trinajstić information content (AvgIpc) is 2.83. The summed E-state index contributed by atoms with van der Waals surface area (Å²) in [5.41, 5.74) is 4.40. The number of rotatable bonds is 3. The maximum Gasteiger partial charge on any atom is 0.323 e. The normalized spacial score (nSPS) is 10.8. The van der Waals surface area contributed by atoms with E-state index in [2.05, 4.69) is 15.7 Å². The van der Waals surface area contributed by atoms with Crippen LogP contribution in [0.15, 0.2) is 36.4 Å². The van der Waals surface area contributed by atoms with Crippen LogP contribution in [0.2, 0.25) is 5.02 Å². The highest BCUT2D eigenvalue weighted by atomic mass is 35.5. The fraction of sp³-hybridized carbons (Fsp3) is 0.222. The molecule has 2 aromatic carbocycles. The summed E-state index contributed by atoms with van der Waals surface area (Å²) in [6.07, 6.45) is 0.787. The number of carbonyl (C=O) groups is 1. The fourth-order valence-corrected chi connectivity index (χ4v) is 2.87. The number of anilines is 2. The van der Waals surface area contributed by atoms with Crippen LogP contribution in [0, 0.1) is 6.92 Å². The van der Waals surface area contributed by atoms with E-state index in [1.54, 1.807) is 6.07 Å². The summed E-state index contributed by atoms with van der Waals surface area (Å²) in [6.45, 7) is 4.04. The lowest BCUT2D eigenvalue weighted by Gasteiger charge is -2.11. The van der Waals surface area contributed by atoms with Crippen LogP contribution in [0.25, 0.3) is 10.9 Å². The van der Waals surface area contributed by atoms with Crippen molar-refractivity contribution in [2.75, 3.05) is 10.6 Å². The van der Waals surface area contributed by atoms with Crippen LogP contribution >= 0.6 is 11.6 Å². The number of urea groups is 1. The van der Waals surface area contributed by atoms with Gasteiger partial charge in [-0.2, -0.15) is 5.10 Å². The van der Waals surface area contributed by atoms with E-state index in [1.165, 1.54) is 0 Å². The SMILES string of the molecule is CCc1cc(Cl)ccc1NC(=O)Nc1ccc2c(C)n(C)nc2c1. The molecule has 0 spiro atoms. The molecule has 124 valence electrons. The molecule has 2 amide bonds. The molecule has 3 aromatic rings. The Hall–Kier alpha value is -2.53. The molecule has 0 unspecified atom stereocenters. The van der Waals surface area contributed by atoms with Crippen LogP contribution in [0.1, 0.15) is 18.2 Å². The van der Waals surface area contributed by atoms with Gasteiger partial charge in [0.25, 0.3) is 0 Å². The molecular formula is C18H19ClN4O. The van der Waals surface area contributed by atoms with Gasteiger partial charge in [0.05, 0.1) is 5.52 Å². The molecule has 0 radical (unpaired) electrons. The summed E-state index contributed by atoms with van der Waals surface area (Å²) >= 11 is 5.99. The zero-order valence-corrected chi connectivity index (χ0v) is 14.6. The van der Waals surface area contributed by atoms with Gasteiger partial charge in [0.1, 0.15) is 0 Å². The number of aromatic nitrogens is 2. The van der Waals surface area contributed by atoms with Crippen molar-refractivity contribution in [3.63, 3.8) is 0 Å². The highest BCUT2D eigenvalue weighted by molar-refractivity contribution is 6.30. The third kappa shape index (κ3) is 3.21. The van der Waals surface area contributed by atoms with Crippen LogP contribution in [0.4, 0.5) is 16.2 Å². The van der Waals surface area contributed by atoms with Crippen LogP contribution in [0.3, 0.4) is 0 Å². The third-order valence-electron chi connectivity index (χ3n) is 4.08. The standard InChI is InChI=1S/C18H19ClN4O/c1-4-12-9-13(19)5-8-16(12)21-18(24)20-14-6-7-15-11(2)23(3)22-17(15)10-14/h5-10H,4H2,1-3H3,(H2,20,21,24). The minimum absolute atomic E-state index is 0.293. The van der Waals surface area contributed by atoms with Crippen LogP contribution < -0.4 is 10.6 Å². The second-order valence-electron chi connectivity index (χ2n) is 5.68. The smallest absolute Gasteiger partial charge is 0.308 e. The Kier molecular flexibility index (Phi) is 4.44. The first-order valence-electron chi connectivity index (χ1n) is 7.77. The quantitative estimate of drug-likeness (QED) is 0.722. The Morgan fingerprint density at radius 1 is 1.21 bits per heavy atom. The van der Waals surface area contributed by atoms with Crippen molar-refractivity contribution in [1.82, 2.24) is 9.78 Å². The first-order valence-corrected chi connectivity index (χ1v) is 8.15. The summed E-state index contributed by atoms with van der Waals surface area (Å²) in [5.74, 6) is 0. The maximum absolute atomic E-state index is 12.3. The van der Waals surface area contributed by atoms with Crippen molar-refractivity contribution in [2.24, 2.45) is 7.05 Å². The zero-order chi connectivity index (χ0) is 17.3.